The second-order valence-electron chi connectivity index (χ2n) is 5.52. The smallest absolute Gasteiger partial charge is 0.312 e. The van der Waals surface area contributed by atoms with Crippen molar-refractivity contribution in [2.24, 2.45) is 11.7 Å². The van der Waals surface area contributed by atoms with Crippen molar-refractivity contribution in [1.82, 2.24) is 10.2 Å². The summed E-state index contributed by atoms with van der Waals surface area (Å²) in [5.41, 5.74) is 13.1. The second-order valence-corrected chi connectivity index (χ2v) is 5.52. The Morgan fingerprint density at radius 1 is 1.43 bits per heavy atom. The van der Waals surface area contributed by atoms with Crippen LogP contribution < -0.4 is 16.8 Å². The van der Waals surface area contributed by atoms with Gasteiger partial charge in [-0.2, -0.15) is 0 Å². The SMILES string of the molecule is Cc1c(N)cccc1C(=O)N1CCCC(CNC(N)=O)C1. The Morgan fingerprint density at radius 2 is 2.19 bits per heavy atom. The van der Waals surface area contributed by atoms with Gasteiger partial charge in [0.25, 0.3) is 5.91 Å². The second kappa shape index (κ2) is 6.47. The molecule has 114 valence electrons. The summed E-state index contributed by atoms with van der Waals surface area (Å²) in [5, 5.41) is 2.62. The molecule has 1 unspecified atom stereocenters. The summed E-state index contributed by atoms with van der Waals surface area (Å²) >= 11 is 0. The molecule has 3 amide bonds. The Balaban J connectivity index is 2.05. The zero-order valence-corrected chi connectivity index (χ0v) is 12.3. The van der Waals surface area contributed by atoms with Gasteiger partial charge in [0.1, 0.15) is 0 Å². The van der Waals surface area contributed by atoms with Crippen molar-refractivity contribution >= 4 is 17.6 Å². The van der Waals surface area contributed by atoms with Crippen molar-refractivity contribution < 1.29 is 9.59 Å². The van der Waals surface area contributed by atoms with Gasteiger partial charge in [-0.1, -0.05) is 6.07 Å². The van der Waals surface area contributed by atoms with Crippen LogP contribution in [0.5, 0.6) is 0 Å². The minimum absolute atomic E-state index is 0.00331. The lowest BCUT2D eigenvalue weighted by molar-refractivity contribution is 0.0674. The van der Waals surface area contributed by atoms with Gasteiger partial charge in [0, 0.05) is 30.9 Å². The normalized spacial score (nSPS) is 18.3. The quantitative estimate of drug-likeness (QED) is 0.726. The molecule has 1 heterocycles. The number of hydrogen-bond donors (Lipinski definition) is 3. The first-order valence-electron chi connectivity index (χ1n) is 7.16. The Hall–Kier alpha value is -2.24. The largest absolute Gasteiger partial charge is 0.398 e. The number of nitrogen functional groups attached to an aromatic ring is 1. The molecule has 1 aliphatic rings. The molecule has 6 nitrogen and oxygen atoms in total. The molecule has 1 fully saturated rings. The number of primary amides is 1. The van der Waals surface area contributed by atoms with E-state index in [4.69, 9.17) is 11.5 Å². The van der Waals surface area contributed by atoms with Crippen molar-refractivity contribution in [3.8, 4) is 0 Å². The molecule has 6 heteroatoms. The molecule has 21 heavy (non-hydrogen) atoms. The third-order valence-electron chi connectivity index (χ3n) is 3.98. The molecule has 0 spiro atoms. The van der Waals surface area contributed by atoms with E-state index >= 15 is 0 Å². The summed E-state index contributed by atoms with van der Waals surface area (Å²) in [6.07, 6.45) is 1.91. The van der Waals surface area contributed by atoms with E-state index in [0.29, 0.717) is 24.3 Å². The predicted octanol–water partition coefficient (Wildman–Crippen LogP) is 1.10. The van der Waals surface area contributed by atoms with Gasteiger partial charge in [0.15, 0.2) is 0 Å². The van der Waals surface area contributed by atoms with E-state index in [-0.39, 0.29) is 11.8 Å². The molecular formula is C15H22N4O2. The fraction of sp³-hybridized carbons (Fsp3) is 0.467. The molecule has 0 aromatic heterocycles. The minimum atomic E-state index is -0.523. The fourth-order valence-corrected chi connectivity index (χ4v) is 2.72. The maximum absolute atomic E-state index is 12.6. The Kier molecular flexibility index (Phi) is 4.67. The highest BCUT2D eigenvalue weighted by Crippen LogP contribution is 2.21. The average Bonchev–Trinajstić information content (AvgIpc) is 2.47. The van der Waals surface area contributed by atoms with Crippen molar-refractivity contribution in [3.63, 3.8) is 0 Å². The third-order valence-corrected chi connectivity index (χ3v) is 3.98. The summed E-state index contributed by atoms with van der Waals surface area (Å²) < 4.78 is 0. The molecule has 1 aromatic rings. The van der Waals surface area contributed by atoms with Crippen molar-refractivity contribution in [1.29, 1.82) is 0 Å². The van der Waals surface area contributed by atoms with Gasteiger partial charge in [0.2, 0.25) is 0 Å². The van der Waals surface area contributed by atoms with Gasteiger partial charge in [-0.3, -0.25) is 4.79 Å². The lowest BCUT2D eigenvalue weighted by Crippen LogP contribution is -2.44. The summed E-state index contributed by atoms with van der Waals surface area (Å²) in [7, 11) is 0. The number of urea groups is 1. The van der Waals surface area contributed by atoms with E-state index in [1.165, 1.54) is 0 Å². The van der Waals surface area contributed by atoms with Gasteiger partial charge in [-0.15, -0.1) is 0 Å². The first-order chi connectivity index (χ1) is 9.99. The van der Waals surface area contributed by atoms with Gasteiger partial charge >= 0.3 is 6.03 Å². The molecule has 0 bridgehead atoms. The molecule has 2 rings (SSSR count). The molecule has 0 radical (unpaired) electrons. The number of nitrogens with one attached hydrogen (secondary N) is 1. The number of nitrogens with two attached hydrogens (primary N) is 2. The van der Waals surface area contributed by atoms with Gasteiger partial charge in [-0.05, 0) is 43.4 Å². The van der Waals surface area contributed by atoms with Crippen LogP contribution in [0.15, 0.2) is 18.2 Å². The highest BCUT2D eigenvalue weighted by molar-refractivity contribution is 5.97. The van der Waals surface area contributed by atoms with Crippen LogP contribution >= 0.6 is 0 Å². The van der Waals surface area contributed by atoms with Crippen LogP contribution in [0.25, 0.3) is 0 Å². The first-order valence-corrected chi connectivity index (χ1v) is 7.16. The number of amides is 3. The summed E-state index contributed by atoms with van der Waals surface area (Å²) in [5.74, 6) is 0.250. The molecule has 1 saturated heterocycles. The van der Waals surface area contributed by atoms with Gasteiger partial charge in [-0.25, -0.2) is 4.79 Å². The monoisotopic (exact) mass is 290 g/mol. The molecule has 0 saturated carbocycles. The number of hydrogen-bond acceptors (Lipinski definition) is 3. The number of carbonyl (C=O) groups is 2. The van der Waals surface area contributed by atoms with E-state index in [1.54, 1.807) is 18.2 Å². The van der Waals surface area contributed by atoms with Crippen LogP contribution in [0, 0.1) is 12.8 Å². The number of piperidine rings is 1. The van der Waals surface area contributed by atoms with Crippen molar-refractivity contribution in [2.45, 2.75) is 19.8 Å². The summed E-state index contributed by atoms with van der Waals surface area (Å²) in [6, 6.07) is 4.87. The van der Waals surface area contributed by atoms with E-state index < -0.39 is 6.03 Å². The molecule has 0 aliphatic carbocycles. The van der Waals surface area contributed by atoms with Crippen molar-refractivity contribution in [3.05, 3.63) is 29.3 Å². The number of nitrogens with zero attached hydrogens (tertiary/aromatic N) is 1. The van der Waals surface area contributed by atoms with Crippen LogP contribution in [-0.2, 0) is 0 Å². The lowest BCUT2D eigenvalue weighted by atomic mass is 9.96. The van der Waals surface area contributed by atoms with Gasteiger partial charge < -0.3 is 21.7 Å². The molecule has 1 aromatic carbocycles. The molecule has 1 atom stereocenters. The standard InChI is InChI=1S/C15H22N4O2/c1-10-12(5-2-6-13(10)16)14(20)19-7-3-4-11(9-19)8-18-15(17)21/h2,5-6,11H,3-4,7-9,16H2,1H3,(H3,17,18,21). The molecular weight excluding hydrogens is 268 g/mol. The molecule has 1 aliphatic heterocycles. The Morgan fingerprint density at radius 3 is 2.90 bits per heavy atom. The topological polar surface area (TPSA) is 101 Å². The van der Waals surface area contributed by atoms with E-state index in [2.05, 4.69) is 5.32 Å². The average molecular weight is 290 g/mol. The highest BCUT2D eigenvalue weighted by atomic mass is 16.2. The number of anilines is 1. The first kappa shape index (κ1) is 15.2. The van der Waals surface area contributed by atoms with Crippen LogP contribution in [-0.4, -0.2) is 36.5 Å². The van der Waals surface area contributed by atoms with E-state index in [1.807, 2.05) is 11.8 Å². The predicted molar refractivity (Wildman–Crippen MR) is 81.8 cm³/mol. The lowest BCUT2D eigenvalue weighted by Gasteiger charge is -2.33. The number of carbonyl (C=O) groups excluding carboxylic acids is 2. The van der Waals surface area contributed by atoms with E-state index in [0.717, 1.165) is 24.9 Å². The number of likely N-dealkylation sites (tertiary alicyclic amines) is 1. The van der Waals surface area contributed by atoms with E-state index in [9.17, 15) is 9.59 Å². The minimum Gasteiger partial charge on any atom is -0.398 e. The third kappa shape index (κ3) is 3.65. The van der Waals surface area contributed by atoms with Crippen LogP contribution in [0.2, 0.25) is 0 Å². The summed E-state index contributed by atoms with van der Waals surface area (Å²) in [4.78, 5) is 25.2. The maximum atomic E-state index is 12.6. The van der Waals surface area contributed by atoms with Gasteiger partial charge in [0.05, 0.1) is 0 Å². The summed E-state index contributed by atoms with van der Waals surface area (Å²) in [6.45, 7) is 3.74. The van der Waals surface area contributed by atoms with Crippen molar-refractivity contribution in [2.75, 3.05) is 25.4 Å². The number of benzene rings is 1. The molecule has 5 N–H and O–H groups in total. The highest BCUT2D eigenvalue weighted by Gasteiger charge is 2.25. The Labute approximate surface area is 124 Å². The Bertz CT molecular complexity index is 544. The zero-order chi connectivity index (χ0) is 15.4. The zero-order valence-electron chi connectivity index (χ0n) is 12.3. The fourth-order valence-electron chi connectivity index (χ4n) is 2.72. The number of rotatable bonds is 3. The van der Waals surface area contributed by atoms with Crippen LogP contribution in [0.3, 0.4) is 0 Å². The van der Waals surface area contributed by atoms with Crippen LogP contribution in [0.1, 0.15) is 28.8 Å². The maximum Gasteiger partial charge on any atom is 0.312 e. The van der Waals surface area contributed by atoms with Crippen LogP contribution in [0.4, 0.5) is 10.5 Å².